The maximum absolute atomic E-state index is 13.3. The SMILES string of the molecule is COc1nc(C(=O)CCCCC2(c3ccc(F)cc3)CCC2)cnc1-n1cnc(C)c1. The number of imidazole rings is 1. The Hall–Kier alpha value is -3.09. The van der Waals surface area contributed by atoms with Gasteiger partial charge in [-0.25, -0.2) is 19.3 Å². The van der Waals surface area contributed by atoms with E-state index in [1.54, 1.807) is 23.0 Å². The summed E-state index contributed by atoms with van der Waals surface area (Å²) in [6.45, 7) is 1.89. The van der Waals surface area contributed by atoms with Crippen molar-refractivity contribution >= 4 is 5.78 Å². The number of methoxy groups -OCH3 is 1. The van der Waals surface area contributed by atoms with Gasteiger partial charge in [0.2, 0.25) is 5.82 Å². The number of aromatic nitrogens is 4. The molecule has 0 saturated heterocycles. The molecule has 31 heavy (non-hydrogen) atoms. The highest BCUT2D eigenvalue weighted by atomic mass is 19.1. The Bertz CT molecular complexity index is 1060. The monoisotopic (exact) mass is 422 g/mol. The number of halogens is 1. The number of hydrogen-bond donors (Lipinski definition) is 0. The Labute approximate surface area is 181 Å². The summed E-state index contributed by atoms with van der Waals surface area (Å²) in [5.74, 6) is 0.567. The summed E-state index contributed by atoms with van der Waals surface area (Å²) in [7, 11) is 1.51. The first kappa shape index (κ1) is 21.2. The van der Waals surface area contributed by atoms with Gasteiger partial charge in [-0.1, -0.05) is 25.0 Å². The minimum absolute atomic E-state index is 0.0383. The third-order valence-corrected chi connectivity index (χ3v) is 6.23. The number of carbonyl (C=O) groups excluding carboxylic acids is 1. The van der Waals surface area contributed by atoms with E-state index in [0.717, 1.165) is 37.8 Å². The van der Waals surface area contributed by atoms with E-state index in [1.807, 2.05) is 25.3 Å². The Morgan fingerprint density at radius 3 is 2.58 bits per heavy atom. The number of hydrogen-bond acceptors (Lipinski definition) is 5. The highest BCUT2D eigenvalue weighted by Crippen LogP contribution is 2.47. The van der Waals surface area contributed by atoms with E-state index in [2.05, 4.69) is 15.0 Å². The van der Waals surface area contributed by atoms with Gasteiger partial charge >= 0.3 is 0 Å². The molecule has 6 nitrogen and oxygen atoms in total. The number of ether oxygens (including phenoxy) is 1. The van der Waals surface area contributed by atoms with E-state index < -0.39 is 0 Å². The van der Waals surface area contributed by atoms with Crippen LogP contribution >= 0.6 is 0 Å². The lowest BCUT2D eigenvalue weighted by Gasteiger charge is -2.43. The first-order chi connectivity index (χ1) is 15.0. The maximum atomic E-state index is 13.3. The molecule has 1 fully saturated rings. The van der Waals surface area contributed by atoms with E-state index in [9.17, 15) is 9.18 Å². The first-order valence-electron chi connectivity index (χ1n) is 10.7. The van der Waals surface area contributed by atoms with Crippen molar-refractivity contribution in [3.8, 4) is 11.7 Å². The van der Waals surface area contributed by atoms with E-state index in [1.165, 1.54) is 25.3 Å². The fourth-order valence-electron chi connectivity index (χ4n) is 4.32. The van der Waals surface area contributed by atoms with Gasteiger partial charge in [-0.2, -0.15) is 0 Å². The van der Waals surface area contributed by atoms with Gasteiger partial charge < -0.3 is 4.74 Å². The van der Waals surface area contributed by atoms with Gasteiger partial charge in [0.05, 0.1) is 19.0 Å². The summed E-state index contributed by atoms with van der Waals surface area (Å²) < 4.78 is 20.3. The summed E-state index contributed by atoms with van der Waals surface area (Å²) >= 11 is 0. The zero-order valence-electron chi connectivity index (χ0n) is 18.0. The van der Waals surface area contributed by atoms with Crippen LogP contribution < -0.4 is 4.74 Å². The van der Waals surface area contributed by atoms with E-state index in [0.29, 0.717) is 23.8 Å². The van der Waals surface area contributed by atoms with Crippen molar-refractivity contribution in [2.45, 2.75) is 57.3 Å². The van der Waals surface area contributed by atoms with Gasteiger partial charge in [0.25, 0.3) is 5.88 Å². The predicted molar refractivity (Wildman–Crippen MR) is 115 cm³/mol. The largest absolute Gasteiger partial charge is 0.478 e. The highest BCUT2D eigenvalue weighted by molar-refractivity contribution is 5.94. The Morgan fingerprint density at radius 1 is 1.19 bits per heavy atom. The Morgan fingerprint density at radius 2 is 1.97 bits per heavy atom. The molecule has 1 aromatic carbocycles. The lowest BCUT2D eigenvalue weighted by molar-refractivity contribution is 0.0970. The summed E-state index contributed by atoms with van der Waals surface area (Å²) in [5, 5.41) is 0. The molecule has 0 N–H and O–H groups in total. The number of Topliss-reactive ketones (excluding diaryl/α,β-unsaturated/α-hetero) is 1. The number of nitrogens with zero attached hydrogens (tertiary/aromatic N) is 4. The normalized spacial score (nSPS) is 14.8. The van der Waals surface area contributed by atoms with Crippen LogP contribution in [0.3, 0.4) is 0 Å². The Kier molecular flexibility index (Phi) is 6.11. The van der Waals surface area contributed by atoms with E-state index in [4.69, 9.17) is 4.74 Å². The third-order valence-electron chi connectivity index (χ3n) is 6.23. The van der Waals surface area contributed by atoms with Crippen LogP contribution in [0.5, 0.6) is 5.88 Å². The lowest BCUT2D eigenvalue weighted by Crippen LogP contribution is -2.34. The molecular formula is C24H27FN4O2. The molecule has 3 aromatic rings. The minimum atomic E-state index is -0.199. The zero-order valence-corrected chi connectivity index (χ0v) is 18.0. The van der Waals surface area contributed by atoms with Gasteiger partial charge in [-0.15, -0.1) is 0 Å². The molecule has 1 saturated carbocycles. The molecule has 0 aliphatic heterocycles. The second-order valence-electron chi connectivity index (χ2n) is 8.28. The standard InChI is InChI=1S/C24H27FN4O2/c1-17-15-29(16-27-17)22-23(31-2)28-20(14-26-22)21(30)6-3-4-11-24(12-5-13-24)18-7-9-19(25)10-8-18/h7-10,14-16H,3-6,11-13H2,1-2H3. The molecule has 162 valence electrons. The highest BCUT2D eigenvalue weighted by Gasteiger charge is 2.37. The van der Waals surface area contributed by atoms with Crippen LogP contribution in [0.15, 0.2) is 43.0 Å². The Balaban J connectivity index is 1.35. The molecule has 0 atom stereocenters. The topological polar surface area (TPSA) is 69.9 Å². The summed E-state index contributed by atoms with van der Waals surface area (Å²) in [6.07, 6.45) is 11.6. The average molecular weight is 423 g/mol. The third kappa shape index (κ3) is 4.50. The summed E-state index contributed by atoms with van der Waals surface area (Å²) in [4.78, 5) is 25.6. The van der Waals surface area contributed by atoms with Crippen LogP contribution in [0.2, 0.25) is 0 Å². The van der Waals surface area contributed by atoms with E-state index in [-0.39, 0.29) is 17.0 Å². The second kappa shape index (κ2) is 8.96. The molecule has 2 heterocycles. The molecule has 0 bridgehead atoms. The zero-order chi connectivity index (χ0) is 21.8. The molecule has 7 heteroatoms. The molecule has 0 unspecified atom stereocenters. The molecule has 0 amide bonds. The number of benzene rings is 1. The number of ketones is 1. The average Bonchev–Trinajstić information content (AvgIpc) is 3.19. The smallest absolute Gasteiger partial charge is 0.258 e. The van der Waals surface area contributed by atoms with Crippen molar-refractivity contribution < 1.29 is 13.9 Å². The van der Waals surface area contributed by atoms with Crippen molar-refractivity contribution in [2.24, 2.45) is 0 Å². The molecule has 0 spiro atoms. The summed E-state index contributed by atoms with van der Waals surface area (Å²) in [6, 6.07) is 6.90. The van der Waals surface area contributed by atoms with Crippen molar-refractivity contribution in [2.75, 3.05) is 7.11 Å². The fourth-order valence-corrected chi connectivity index (χ4v) is 4.32. The number of carbonyl (C=O) groups is 1. The van der Waals surface area contributed by atoms with Crippen LogP contribution in [0.4, 0.5) is 4.39 Å². The number of unbranched alkanes of at least 4 members (excludes halogenated alkanes) is 1. The van der Waals surface area contributed by atoms with Crippen LogP contribution in [-0.2, 0) is 5.41 Å². The molecule has 1 aliphatic carbocycles. The number of aryl methyl sites for hydroxylation is 1. The van der Waals surface area contributed by atoms with Gasteiger partial charge in [0.1, 0.15) is 17.8 Å². The molecule has 1 aliphatic rings. The fraction of sp³-hybridized carbons (Fsp3) is 0.417. The van der Waals surface area contributed by atoms with Gasteiger partial charge in [0.15, 0.2) is 5.78 Å². The van der Waals surface area contributed by atoms with Gasteiger partial charge in [-0.3, -0.25) is 9.36 Å². The number of rotatable bonds is 9. The van der Waals surface area contributed by atoms with Crippen LogP contribution in [0, 0.1) is 12.7 Å². The van der Waals surface area contributed by atoms with Crippen LogP contribution in [0.1, 0.15) is 66.7 Å². The molecule has 0 radical (unpaired) electrons. The van der Waals surface area contributed by atoms with Crippen molar-refractivity contribution in [3.63, 3.8) is 0 Å². The van der Waals surface area contributed by atoms with Crippen molar-refractivity contribution in [3.05, 3.63) is 65.8 Å². The van der Waals surface area contributed by atoms with Crippen LogP contribution in [-0.4, -0.2) is 32.4 Å². The maximum Gasteiger partial charge on any atom is 0.258 e. The second-order valence-corrected chi connectivity index (χ2v) is 8.28. The van der Waals surface area contributed by atoms with Crippen molar-refractivity contribution in [1.82, 2.24) is 19.5 Å². The van der Waals surface area contributed by atoms with Crippen molar-refractivity contribution in [1.29, 1.82) is 0 Å². The van der Waals surface area contributed by atoms with E-state index >= 15 is 0 Å². The molecule has 4 rings (SSSR count). The first-order valence-corrected chi connectivity index (χ1v) is 10.7. The summed E-state index contributed by atoms with van der Waals surface area (Å²) in [5.41, 5.74) is 2.53. The quantitative estimate of drug-likeness (QED) is 0.359. The minimum Gasteiger partial charge on any atom is -0.478 e. The van der Waals surface area contributed by atoms with Gasteiger partial charge in [0, 0.05) is 12.6 Å². The van der Waals surface area contributed by atoms with Gasteiger partial charge in [-0.05, 0) is 55.7 Å². The molecule has 2 aromatic heterocycles. The predicted octanol–water partition coefficient (Wildman–Crippen LogP) is 4.98. The van der Waals surface area contributed by atoms with Crippen LogP contribution in [0.25, 0.3) is 5.82 Å². The molecular weight excluding hydrogens is 395 g/mol. The lowest BCUT2D eigenvalue weighted by atomic mass is 9.62.